The Morgan fingerprint density at radius 1 is 1.29 bits per heavy atom. The van der Waals surface area contributed by atoms with Crippen LogP contribution in [0.3, 0.4) is 0 Å². The third-order valence-electron chi connectivity index (χ3n) is 3.70. The largest absolute Gasteiger partial charge is 0.394 e. The Morgan fingerprint density at radius 2 is 1.88 bits per heavy atom. The lowest BCUT2D eigenvalue weighted by molar-refractivity contribution is 0.134. The number of aromatic nitrogens is 2. The van der Waals surface area contributed by atoms with Gasteiger partial charge in [0.2, 0.25) is 0 Å². The summed E-state index contributed by atoms with van der Waals surface area (Å²) in [4.78, 5) is 0. The van der Waals surface area contributed by atoms with Gasteiger partial charge >= 0.3 is 0 Å². The van der Waals surface area contributed by atoms with Gasteiger partial charge in [0.1, 0.15) is 0 Å². The molecule has 2 heterocycles. The van der Waals surface area contributed by atoms with Crippen molar-refractivity contribution < 1.29 is 0 Å². The summed E-state index contributed by atoms with van der Waals surface area (Å²) in [5.74, 6) is 0.906. The van der Waals surface area contributed by atoms with Gasteiger partial charge < -0.3 is 11.2 Å². The van der Waals surface area contributed by atoms with Crippen molar-refractivity contribution >= 4 is 11.5 Å². The molecule has 1 fully saturated rings. The van der Waals surface area contributed by atoms with Crippen LogP contribution in [0.2, 0.25) is 0 Å². The number of piperidine rings is 1. The minimum atomic E-state index is 0.536. The predicted molar refractivity (Wildman–Crippen MR) is 70.6 cm³/mol. The molecule has 0 radical (unpaired) electrons. The number of nitrogens with one attached hydrogen (secondary N) is 1. The van der Waals surface area contributed by atoms with E-state index in [9.17, 15) is 0 Å². The summed E-state index contributed by atoms with van der Waals surface area (Å²) >= 11 is 0. The molecule has 0 aromatic carbocycles. The molecule has 1 aromatic heterocycles. The number of anilines is 2. The molecule has 17 heavy (non-hydrogen) atoms. The quantitative estimate of drug-likeness (QED) is 0.825. The van der Waals surface area contributed by atoms with Crippen LogP contribution in [0, 0.1) is 6.92 Å². The number of rotatable bonds is 2. The minimum Gasteiger partial charge on any atom is -0.394 e. The summed E-state index contributed by atoms with van der Waals surface area (Å²) in [5, 5.41) is 6.63. The second-order valence-electron chi connectivity index (χ2n) is 5.12. The molecule has 2 unspecified atom stereocenters. The maximum absolute atomic E-state index is 6.04. The van der Waals surface area contributed by atoms with E-state index in [4.69, 9.17) is 5.73 Å². The van der Waals surface area contributed by atoms with Crippen LogP contribution in [0.25, 0.3) is 0 Å². The lowest BCUT2D eigenvalue weighted by Gasteiger charge is -2.39. The van der Waals surface area contributed by atoms with Gasteiger partial charge in [0.25, 0.3) is 0 Å². The normalized spacial score (nSPS) is 26.1. The number of aryl methyl sites for hydroxylation is 2. The van der Waals surface area contributed by atoms with Crippen molar-refractivity contribution in [2.24, 2.45) is 7.05 Å². The Labute approximate surface area is 103 Å². The van der Waals surface area contributed by atoms with E-state index in [0.29, 0.717) is 12.1 Å². The Balaban J connectivity index is 2.19. The van der Waals surface area contributed by atoms with Crippen LogP contribution in [-0.2, 0) is 7.05 Å². The molecule has 3 N–H and O–H groups in total. The molecule has 0 bridgehead atoms. The van der Waals surface area contributed by atoms with Gasteiger partial charge in [-0.3, -0.25) is 0 Å². The number of nitrogens with two attached hydrogens (primary N) is 1. The van der Waals surface area contributed by atoms with Gasteiger partial charge in [0, 0.05) is 19.1 Å². The first-order chi connectivity index (χ1) is 8.00. The van der Waals surface area contributed by atoms with Gasteiger partial charge in [0.15, 0.2) is 5.82 Å². The first-order valence-electron chi connectivity index (χ1n) is 6.34. The van der Waals surface area contributed by atoms with E-state index in [1.54, 1.807) is 0 Å². The molecule has 1 aliphatic heterocycles. The summed E-state index contributed by atoms with van der Waals surface area (Å²) in [6.45, 7) is 6.44. The van der Waals surface area contributed by atoms with E-state index in [2.05, 4.69) is 29.4 Å². The van der Waals surface area contributed by atoms with E-state index in [1.165, 1.54) is 19.3 Å². The minimum absolute atomic E-state index is 0.536. The molecule has 2 rings (SSSR count). The van der Waals surface area contributed by atoms with Crippen LogP contribution in [0.5, 0.6) is 0 Å². The van der Waals surface area contributed by atoms with Crippen LogP contribution in [0.15, 0.2) is 0 Å². The Morgan fingerprint density at radius 3 is 2.35 bits per heavy atom. The first kappa shape index (κ1) is 12.2. The molecule has 1 saturated heterocycles. The van der Waals surface area contributed by atoms with E-state index in [1.807, 2.05) is 18.7 Å². The fourth-order valence-electron chi connectivity index (χ4n) is 2.57. The van der Waals surface area contributed by atoms with E-state index >= 15 is 0 Å². The number of nitrogens with zero attached hydrogens (tertiary/aromatic N) is 3. The van der Waals surface area contributed by atoms with Crippen molar-refractivity contribution in [1.82, 2.24) is 14.8 Å². The molecule has 0 saturated carbocycles. The highest BCUT2D eigenvalue weighted by Crippen LogP contribution is 2.27. The zero-order valence-electron chi connectivity index (χ0n) is 11.2. The van der Waals surface area contributed by atoms with Gasteiger partial charge in [-0.05, 0) is 33.6 Å². The van der Waals surface area contributed by atoms with Crippen LogP contribution >= 0.6 is 0 Å². The zero-order valence-corrected chi connectivity index (χ0v) is 11.2. The molecule has 1 aromatic rings. The fraction of sp³-hybridized carbons (Fsp3) is 0.750. The molecule has 1 aliphatic rings. The smallest absolute Gasteiger partial charge is 0.162 e. The van der Waals surface area contributed by atoms with E-state index < -0.39 is 0 Å². The highest BCUT2D eigenvalue weighted by atomic mass is 15.6. The van der Waals surface area contributed by atoms with Gasteiger partial charge in [-0.25, -0.2) is 9.69 Å². The van der Waals surface area contributed by atoms with Crippen molar-refractivity contribution in [2.45, 2.75) is 52.1 Å². The Bertz CT molecular complexity index is 388. The van der Waals surface area contributed by atoms with Crippen molar-refractivity contribution in [3.8, 4) is 0 Å². The lowest BCUT2D eigenvalue weighted by Crippen LogP contribution is -2.47. The molecular weight excluding hydrogens is 214 g/mol. The van der Waals surface area contributed by atoms with Crippen LogP contribution < -0.4 is 11.2 Å². The van der Waals surface area contributed by atoms with Gasteiger partial charge in [-0.2, -0.15) is 5.10 Å². The maximum atomic E-state index is 6.04. The van der Waals surface area contributed by atoms with E-state index in [0.717, 1.165) is 17.2 Å². The standard InChI is InChI=1S/C12H23N5/c1-8-6-5-7-9(2)17(8)15-12-11(13)10(3)14-16(12)4/h8-9,15H,5-7,13H2,1-4H3. The summed E-state index contributed by atoms with van der Waals surface area (Å²) in [7, 11) is 1.92. The average molecular weight is 237 g/mol. The topological polar surface area (TPSA) is 59.1 Å². The monoisotopic (exact) mass is 237 g/mol. The lowest BCUT2D eigenvalue weighted by atomic mass is 10.00. The number of hydrogen-bond donors (Lipinski definition) is 2. The molecule has 5 nitrogen and oxygen atoms in total. The number of nitrogen functional groups attached to an aromatic ring is 1. The number of hydrogen-bond acceptors (Lipinski definition) is 4. The van der Waals surface area contributed by atoms with Crippen molar-refractivity contribution in [2.75, 3.05) is 11.2 Å². The second kappa shape index (κ2) is 4.56. The van der Waals surface area contributed by atoms with Gasteiger partial charge in [-0.1, -0.05) is 6.42 Å². The molecule has 5 heteroatoms. The molecule has 0 amide bonds. The fourth-order valence-corrected chi connectivity index (χ4v) is 2.57. The Kier molecular flexibility index (Phi) is 3.28. The molecule has 2 atom stereocenters. The summed E-state index contributed by atoms with van der Waals surface area (Å²) in [5.41, 5.74) is 11.1. The highest BCUT2D eigenvalue weighted by molar-refractivity contribution is 5.64. The Hall–Kier alpha value is -1.23. The van der Waals surface area contributed by atoms with Gasteiger partial charge in [0.05, 0.1) is 11.4 Å². The highest BCUT2D eigenvalue weighted by Gasteiger charge is 2.26. The van der Waals surface area contributed by atoms with E-state index in [-0.39, 0.29) is 0 Å². The third kappa shape index (κ3) is 2.24. The molecule has 96 valence electrons. The molecular formula is C12H23N5. The SMILES string of the molecule is Cc1nn(C)c(NN2C(C)CCCC2C)c1N. The third-order valence-corrected chi connectivity index (χ3v) is 3.70. The van der Waals surface area contributed by atoms with Crippen molar-refractivity contribution in [1.29, 1.82) is 0 Å². The molecule has 0 aliphatic carbocycles. The first-order valence-corrected chi connectivity index (χ1v) is 6.34. The summed E-state index contributed by atoms with van der Waals surface area (Å²) in [6.07, 6.45) is 3.77. The summed E-state index contributed by atoms with van der Waals surface area (Å²) in [6, 6.07) is 1.07. The predicted octanol–water partition coefficient (Wildman–Crippen LogP) is 1.90. The number of hydrazine groups is 1. The maximum Gasteiger partial charge on any atom is 0.162 e. The van der Waals surface area contributed by atoms with Crippen molar-refractivity contribution in [3.05, 3.63) is 5.69 Å². The van der Waals surface area contributed by atoms with Gasteiger partial charge in [-0.15, -0.1) is 0 Å². The second-order valence-corrected chi connectivity index (χ2v) is 5.12. The molecule has 0 spiro atoms. The average Bonchev–Trinajstić information content (AvgIpc) is 2.49. The zero-order chi connectivity index (χ0) is 12.6. The van der Waals surface area contributed by atoms with Crippen LogP contribution in [0.4, 0.5) is 11.5 Å². The van der Waals surface area contributed by atoms with Crippen molar-refractivity contribution in [3.63, 3.8) is 0 Å². The summed E-state index contributed by atoms with van der Waals surface area (Å²) < 4.78 is 1.82. The van der Waals surface area contributed by atoms with Crippen LogP contribution in [-0.4, -0.2) is 26.9 Å². The van der Waals surface area contributed by atoms with Crippen LogP contribution in [0.1, 0.15) is 38.8 Å².